The highest BCUT2D eigenvalue weighted by molar-refractivity contribution is 7.89. The third-order valence-electron chi connectivity index (χ3n) is 7.11. The first-order valence-corrected chi connectivity index (χ1v) is 14.0. The number of likely N-dealkylation sites (N-methyl/N-ethyl adjacent to an activating group) is 1. The number of rotatable bonds is 9. The van der Waals surface area contributed by atoms with Crippen LogP contribution in [-0.4, -0.2) is 56.0 Å². The Bertz CT molecular complexity index is 1250. The zero-order valence-corrected chi connectivity index (χ0v) is 23.2. The number of hydrogen-bond donors (Lipinski definition) is 1. The quantitative estimate of drug-likeness (QED) is 0.362. The van der Waals surface area contributed by atoms with Crippen LogP contribution < -0.4 is 0 Å². The monoisotopic (exact) mass is 566 g/mol. The van der Waals surface area contributed by atoms with Crippen LogP contribution >= 0.6 is 24.0 Å². The van der Waals surface area contributed by atoms with Gasteiger partial charge in [0.25, 0.3) is 0 Å². The first-order chi connectivity index (χ1) is 17.2. The predicted molar refractivity (Wildman–Crippen MR) is 148 cm³/mol. The maximum absolute atomic E-state index is 13.3. The van der Waals surface area contributed by atoms with Gasteiger partial charge in [0.1, 0.15) is 5.82 Å². The molecule has 0 amide bonds. The molecule has 1 aliphatic heterocycles. The second-order valence-electron chi connectivity index (χ2n) is 9.52. The first kappa shape index (κ1) is 29.6. The van der Waals surface area contributed by atoms with Gasteiger partial charge in [-0.1, -0.05) is 54.1 Å². The Hall–Kier alpha value is -2.00. The number of nitrogens with zero attached hydrogens (tertiary/aromatic N) is 2. The number of aliphatic hydroxyl groups is 1. The van der Waals surface area contributed by atoms with Gasteiger partial charge >= 0.3 is 0 Å². The van der Waals surface area contributed by atoms with E-state index >= 15 is 0 Å². The molecule has 0 bridgehead atoms. The van der Waals surface area contributed by atoms with E-state index in [-0.39, 0.29) is 29.0 Å². The van der Waals surface area contributed by atoms with Gasteiger partial charge in [0.05, 0.1) is 10.5 Å². The van der Waals surface area contributed by atoms with E-state index in [0.717, 1.165) is 24.1 Å². The smallest absolute Gasteiger partial charge is 0.242 e. The maximum atomic E-state index is 13.3. The topological polar surface area (TPSA) is 60.9 Å². The van der Waals surface area contributed by atoms with E-state index in [9.17, 15) is 17.9 Å². The highest BCUT2D eigenvalue weighted by Gasteiger charge is 2.34. The van der Waals surface area contributed by atoms with Gasteiger partial charge < -0.3 is 10.0 Å². The summed E-state index contributed by atoms with van der Waals surface area (Å²) in [5, 5.41) is 11.7. The summed E-state index contributed by atoms with van der Waals surface area (Å²) in [6.07, 6.45) is 1.86. The molecule has 3 aromatic rings. The summed E-state index contributed by atoms with van der Waals surface area (Å²) in [6.45, 7) is 2.49. The van der Waals surface area contributed by atoms with E-state index in [0.29, 0.717) is 37.5 Å². The highest BCUT2D eigenvalue weighted by atomic mass is 35.5. The third kappa shape index (κ3) is 7.31. The largest absolute Gasteiger partial charge is 0.385 e. The fraction of sp³-hybridized carbons (Fsp3) is 0.357. The number of benzene rings is 3. The molecule has 1 saturated heterocycles. The van der Waals surface area contributed by atoms with Crippen molar-refractivity contribution in [2.24, 2.45) is 0 Å². The molecule has 4 rings (SSSR count). The third-order valence-corrected chi connectivity index (χ3v) is 9.18. The van der Waals surface area contributed by atoms with Gasteiger partial charge in [-0.15, -0.1) is 12.4 Å². The van der Waals surface area contributed by atoms with Crippen LogP contribution in [0, 0.1) is 5.82 Å². The minimum absolute atomic E-state index is 0. The Morgan fingerprint density at radius 3 is 2.30 bits per heavy atom. The average molecular weight is 568 g/mol. The van der Waals surface area contributed by atoms with Crippen molar-refractivity contribution in [2.45, 2.75) is 35.7 Å². The van der Waals surface area contributed by atoms with Crippen molar-refractivity contribution < 1.29 is 17.9 Å². The fourth-order valence-electron chi connectivity index (χ4n) is 4.84. The second-order valence-corrected chi connectivity index (χ2v) is 12.0. The highest BCUT2D eigenvalue weighted by Crippen LogP contribution is 2.34. The number of likely N-dealkylation sites (tertiary alicyclic amines) is 1. The molecule has 1 fully saturated rings. The Kier molecular flexibility index (Phi) is 10.1. The summed E-state index contributed by atoms with van der Waals surface area (Å²) in [5.41, 5.74) is 0.783. The van der Waals surface area contributed by atoms with Crippen LogP contribution in [0.25, 0.3) is 0 Å². The van der Waals surface area contributed by atoms with Crippen molar-refractivity contribution in [3.05, 3.63) is 101 Å². The number of halogens is 3. The molecule has 1 atom stereocenters. The summed E-state index contributed by atoms with van der Waals surface area (Å²) in [7, 11) is -2.00. The molecule has 1 N–H and O–H groups in total. The SMILES string of the molecule is CN(CC(CCN1CCC(O)(c2ccc(F)cc2)CC1)c1cccc(Cl)c1)S(=O)(=O)c1ccccc1.Cl. The zero-order chi connectivity index (χ0) is 25.8. The van der Waals surface area contributed by atoms with Gasteiger partial charge in [-0.25, -0.2) is 17.1 Å². The van der Waals surface area contributed by atoms with Crippen LogP contribution in [0.2, 0.25) is 5.02 Å². The van der Waals surface area contributed by atoms with Crippen molar-refractivity contribution in [1.29, 1.82) is 0 Å². The Balaban J connectivity index is 0.00000380. The van der Waals surface area contributed by atoms with Gasteiger partial charge in [-0.2, -0.15) is 0 Å². The van der Waals surface area contributed by atoms with E-state index in [1.54, 1.807) is 49.5 Å². The first-order valence-electron chi connectivity index (χ1n) is 12.1. The van der Waals surface area contributed by atoms with E-state index in [2.05, 4.69) is 4.90 Å². The molecule has 1 heterocycles. The number of piperidine rings is 1. The standard InChI is InChI=1S/C28H32ClFN2O3S.ClH/c1-31(36(34,35)27-8-3-2-4-9-27)21-23(22-6-5-7-25(29)20-22)14-17-32-18-15-28(33,16-19-32)24-10-12-26(30)13-11-24;/h2-13,20,23,33H,14-19,21H2,1H3;1H. The van der Waals surface area contributed by atoms with Crippen LogP contribution in [0.5, 0.6) is 0 Å². The van der Waals surface area contributed by atoms with Crippen LogP contribution in [0.3, 0.4) is 0 Å². The normalized spacial score (nSPS) is 16.8. The van der Waals surface area contributed by atoms with Gasteiger partial charge in [-0.3, -0.25) is 0 Å². The van der Waals surface area contributed by atoms with Crippen LogP contribution in [-0.2, 0) is 15.6 Å². The summed E-state index contributed by atoms with van der Waals surface area (Å²) < 4.78 is 41.0. The summed E-state index contributed by atoms with van der Waals surface area (Å²) in [6, 6.07) is 22.1. The molecule has 0 aliphatic carbocycles. The van der Waals surface area contributed by atoms with Crippen molar-refractivity contribution in [3.8, 4) is 0 Å². The molecular weight excluding hydrogens is 534 g/mol. The van der Waals surface area contributed by atoms with E-state index < -0.39 is 15.6 Å². The molecule has 0 saturated carbocycles. The molecule has 1 unspecified atom stereocenters. The molecule has 0 spiro atoms. The van der Waals surface area contributed by atoms with E-state index in [4.69, 9.17) is 11.6 Å². The zero-order valence-electron chi connectivity index (χ0n) is 20.8. The Labute approximate surface area is 230 Å². The van der Waals surface area contributed by atoms with Gasteiger partial charge in [0.2, 0.25) is 10.0 Å². The van der Waals surface area contributed by atoms with Crippen molar-refractivity contribution in [2.75, 3.05) is 33.2 Å². The van der Waals surface area contributed by atoms with Crippen molar-refractivity contribution >= 4 is 34.0 Å². The van der Waals surface area contributed by atoms with Gasteiger partial charge in [-0.05, 0) is 79.3 Å². The summed E-state index contributed by atoms with van der Waals surface area (Å²) in [4.78, 5) is 2.56. The Morgan fingerprint density at radius 2 is 1.68 bits per heavy atom. The molecule has 9 heteroatoms. The molecule has 3 aromatic carbocycles. The molecule has 37 heavy (non-hydrogen) atoms. The number of hydrogen-bond acceptors (Lipinski definition) is 4. The van der Waals surface area contributed by atoms with Crippen LogP contribution in [0.4, 0.5) is 4.39 Å². The molecule has 1 aliphatic rings. The summed E-state index contributed by atoms with van der Waals surface area (Å²) in [5.74, 6) is -0.365. The predicted octanol–water partition coefficient (Wildman–Crippen LogP) is 5.68. The second kappa shape index (κ2) is 12.7. The maximum Gasteiger partial charge on any atom is 0.242 e. The molecule has 200 valence electrons. The lowest BCUT2D eigenvalue weighted by Crippen LogP contribution is -2.43. The van der Waals surface area contributed by atoms with Gasteiger partial charge in [0.15, 0.2) is 0 Å². The molecule has 0 aromatic heterocycles. The molecule has 0 radical (unpaired) electrons. The minimum Gasteiger partial charge on any atom is -0.385 e. The van der Waals surface area contributed by atoms with E-state index in [1.165, 1.54) is 16.4 Å². The van der Waals surface area contributed by atoms with Crippen molar-refractivity contribution in [1.82, 2.24) is 9.21 Å². The average Bonchev–Trinajstić information content (AvgIpc) is 2.88. The minimum atomic E-state index is -3.62. The Morgan fingerprint density at radius 1 is 1.03 bits per heavy atom. The number of sulfonamides is 1. The fourth-order valence-corrected chi connectivity index (χ4v) is 6.27. The molecular formula is C28H33Cl2FN2O3S. The lowest BCUT2D eigenvalue weighted by atomic mass is 9.84. The molecule has 5 nitrogen and oxygen atoms in total. The lowest BCUT2D eigenvalue weighted by Gasteiger charge is -2.39. The van der Waals surface area contributed by atoms with Crippen LogP contribution in [0.1, 0.15) is 36.3 Å². The summed E-state index contributed by atoms with van der Waals surface area (Å²) >= 11 is 6.27. The lowest BCUT2D eigenvalue weighted by molar-refractivity contribution is -0.0264. The van der Waals surface area contributed by atoms with Crippen molar-refractivity contribution in [3.63, 3.8) is 0 Å². The van der Waals surface area contributed by atoms with Crippen LogP contribution in [0.15, 0.2) is 83.8 Å². The van der Waals surface area contributed by atoms with Gasteiger partial charge in [0, 0.05) is 31.7 Å². The van der Waals surface area contributed by atoms with E-state index in [1.807, 2.05) is 24.3 Å².